The van der Waals surface area contributed by atoms with Gasteiger partial charge in [-0.1, -0.05) is 165 Å². The number of phenolic OH excluding ortho intramolecular Hbond substituents is 1. The Balaban J connectivity index is 0.000000109. The van der Waals surface area contributed by atoms with E-state index in [4.69, 9.17) is 27.9 Å². The summed E-state index contributed by atoms with van der Waals surface area (Å²) in [6.45, 7) is 24.4. The van der Waals surface area contributed by atoms with Crippen molar-refractivity contribution in [2.75, 3.05) is 21.1 Å². The number of likely N-dealkylation sites (N-methyl/N-ethyl adjacent to an activating group) is 3. The number of aryl methyl sites for hydroxylation is 8. The van der Waals surface area contributed by atoms with Crippen LogP contribution in [0, 0.1) is 21.7 Å². The monoisotopic (exact) mass is 1920 g/mol. The zero-order valence-corrected chi connectivity index (χ0v) is 82.0. The zero-order chi connectivity index (χ0) is 94.3. The van der Waals surface area contributed by atoms with Gasteiger partial charge < -0.3 is 54.3 Å². The smallest absolute Gasteiger partial charge is 0.494 e. The lowest BCUT2D eigenvalue weighted by Gasteiger charge is -2.42. The van der Waals surface area contributed by atoms with Crippen LogP contribution < -0.4 is 32.0 Å². The van der Waals surface area contributed by atoms with E-state index in [1.54, 1.807) is 26.2 Å². The van der Waals surface area contributed by atoms with Crippen molar-refractivity contribution >= 4 is 106 Å². The van der Waals surface area contributed by atoms with Crippen molar-refractivity contribution in [1.29, 1.82) is 0 Å². The minimum absolute atomic E-state index is 0.115. The normalized spacial score (nSPS) is 27.0. The van der Waals surface area contributed by atoms with Gasteiger partial charge in [0.1, 0.15) is 5.75 Å². The van der Waals surface area contributed by atoms with Gasteiger partial charge in [0.15, 0.2) is 22.2 Å². The van der Waals surface area contributed by atoms with E-state index in [-0.39, 0.29) is 97.6 Å². The van der Waals surface area contributed by atoms with Crippen LogP contribution >= 0.6 is 31.9 Å². The van der Waals surface area contributed by atoms with Crippen LogP contribution in [-0.4, -0.2) is 143 Å². The molecule has 7 saturated heterocycles. The van der Waals surface area contributed by atoms with Crippen LogP contribution in [0.3, 0.4) is 0 Å². The number of benzene rings is 8. The number of carbonyl (C=O) groups excluding carboxylic acids is 8. The number of urea groups is 4. The Morgan fingerprint density at radius 2 is 0.564 bits per heavy atom. The molecule has 7 fully saturated rings. The summed E-state index contributed by atoms with van der Waals surface area (Å²) in [6.07, 6.45) is 17.2. The molecule has 8 aromatic carbocycles. The number of rotatable bonds is 2. The third-order valence-electron chi connectivity index (χ3n) is 34.6. The third-order valence-corrected chi connectivity index (χ3v) is 35.6. The number of carbonyl (C=O) groups is 8. The molecule has 6 N–H and O–H groups in total. The number of nitrogens with one attached hydrogen (secondary N) is 5. The molecule has 8 aliphatic carbocycles. The van der Waals surface area contributed by atoms with E-state index in [0.717, 1.165) is 182 Å². The number of hydrogen-bond donors (Lipinski definition) is 6. The number of nitrogens with zero attached hydrogens (tertiary/aromatic N) is 3. The average Bonchev–Trinajstić information content (AvgIpc) is 1.53. The highest BCUT2D eigenvalue weighted by Gasteiger charge is 2.72. The summed E-state index contributed by atoms with van der Waals surface area (Å²) < 4.78 is 38.4. The Morgan fingerprint density at radius 3 is 0.842 bits per heavy atom. The summed E-state index contributed by atoms with van der Waals surface area (Å²) in [4.78, 5) is 108. The Kier molecular flexibility index (Phi) is 22.5. The van der Waals surface area contributed by atoms with Crippen molar-refractivity contribution in [1.82, 2.24) is 41.3 Å². The van der Waals surface area contributed by atoms with Gasteiger partial charge in [0.2, 0.25) is 0 Å². The highest BCUT2D eigenvalue weighted by atomic mass is 79.9. The van der Waals surface area contributed by atoms with Crippen molar-refractivity contribution in [3.63, 3.8) is 0 Å². The second kappa shape index (κ2) is 32.5. The largest absolute Gasteiger partial charge is 0.508 e. The lowest BCUT2D eigenvalue weighted by Crippen LogP contribution is -2.55. The Hall–Kier alpha value is -9.77. The molecular weight excluding hydrogens is 1810 g/mol. The van der Waals surface area contributed by atoms with Crippen LogP contribution in [0.1, 0.15) is 223 Å². The number of hydrogen-bond acceptors (Lipinski definition) is 15. The first-order valence-electron chi connectivity index (χ1n) is 47.2. The van der Waals surface area contributed by atoms with Gasteiger partial charge in [-0.25, -0.2) is 19.2 Å². The zero-order valence-electron chi connectivity index (χ0n) is 78.8. The molecule has 12 amide bonds. The Labute approximate surface area is 797 Å². The number of amides is 12. The number of imide groups is 4. The van der Waals surface area contributed by atoms with E-state index in [0.29, 0.717) is 0 Å². The quantitative estimate of drug-likeness (QED) is 0.0693. The maximum Gasteiger partial charge on any atom is 0.494 e. The fraction of sp³-hybridized carbons (Fsp3) is 0.467. The number of phenols is 1. The first-order valence-corrected chi connectivity index (χ1v) is 48.8. The van der Waals surface area contributed by atoms with Gasteiger partial charge >= 0.3 is 45.3 Å². The van der Waals surface area contributed by atoms with Gasteiger partial charge in [-0.15, -0.1) is 0 Å². The van der Waals surface area contributed by atoms with E-state index < -0.39 is 54.5 Å². The minimum Gasteiger partial charge on any atom is -0.508 e. The van der Waals surface area contributed by atoms with Crippen LogP contribution in [0.15, 0.2) is 179 Å². The Bertz CT molecular complexity index is 5850. The van der Waals surface area contributed by atoms with Crippen molar-refractivity contribution in [3.8, 4) is 5.75 Å². The standard InChI is InChI=1S/C28H33BN2O4.C22H21BrN2O2.C22H22N2O3.C21H19BrN2O2.C12H24B2O4/c1-25(2)26(3,4)35-29(34-25)21-11-10-20-17-27(14-12-18-8-6-7-9-19(18)13-15-27)28(22(20)16-21)23(32)31(5)24(33)30-28;1-25-19(26)22(24-20(25)27)18-12-17(23)7-6-16(18)13-21(22)10-8-14-4-2-3-5-15(14)9-11-21;1-24-19(26)22(23-20(24)27)18-12-17(25)7-6-16(18)13-21(22)10-8-14-4-2-3-5-15(14)9-11-21;22-16-6-5-15-12-20(9-7-13-3-1-2-4-14(13)8-10-20)21(17(15)11-16)18(25)23-19(26)24-21;1-9(2)10(3,4)16-13(15-9)14-17-11(5,6)12(7,8)18-14/h6-11,16H,12-15,17H2,1-5H3,(H,30,33);2-7,12H,8-11,13H2,1H3,(H,24,27);2-7,12,25H,8-11,13H2,1H3,(H,23,27);1-6,11H,7-10,12H2,(H2,23,24,25,26);1-8H3. The van der Waals surface area contributed by atoms with Gasteiger partial charge in [0.25, 0.3) is 23.6 Å². The third kappa shape index (κ3) is 14.3. The molecule has 7 heterocycles. The summed E-state index contributed by atoms with van der Waals surface area (Å²) >= 11 is 7.10. The number of halogens is 2. The number of fused-ring (bicyclic) bond motifs is 16. The highest BCUT2D eigenvalue weighted by Crippen LogP contribution is 2.64. The average molecular weight is 1930 g/mol. The first kappa shape index (κ1) is 92.3. The molecule has 15 aliphatic rings. The molecule has 8 aromatic rings. The summed E-state index contributed by atoms with van der Waals surface area (Å²) in [5, 5.41) is 25.1. The van der Waals surface area contributed by atoms with E-state index in [2.05, 4.69) is 186 Å². The van der Waals surface area contributed by atoms with Crippen molar-refractivity contribution in [2.45, 2.75) is 267 Å². The van der Waals surface area contributed by atoms with E-state index in [1.165, 1.54) is 71.8 Å². The van der Waals surface area contributed by atoms with Crippen LogP contribution in [0.5, 0.6) is 5.75 Å². The number of aromatic hydroxyl groups is 1. The summed E-state index contributed by atoms with van der Waals surface area (Å²) in [5.41, 5.74) is 11.9. The molecule has 692 valence electrons. The van der Waals surface area contributed by atoms with Gasteiger partial charge in [-0.3, -0.25) is 39.2 Å². The second-order valence-electron chi connectivity index (χ2n) is 42.9. The fourth-order valence-corrected chi connectivity index (χ4v) is 25.7. The van der Waals surface area contributed by atoms with Crippen LogP contribution in [0.2, 0.25) is 0 Å². The second-order valence-corrected chi connectivity index (χ2v) is 44.7. The van der Waals surface area contributed by atoms with Crippen LogP contribution in [0.25, 0.3) is 0 Å². The predicted octanol–water partition coefficient (Wildman–Crippen LogP) is 16.2. The molecule has 133 heavy (non-hydrogen) atoms. The lowest BCUT2D eigenvalue weighted by molar-refractivity contribution is -0.136. The molecule has 4 atom stereocenters. The van der Waals surface area contributed by atoms with Crippen LogP contribution in [0.4, 0.5) is 19.2 Å². The topological polar surface area (TPSA) is 282 Å². The summed E-state index contributed by atoms with van der Waals surface area (Å²) in [7, 11) is 3.23. The van der Waals surface area contributed by atoms with Crippen LogP contribution in [-0.2, 0) is 146 Å². The molecule has 23 nitrogen and oxygen atoms in total. The molecule has 0 saturated carbocycles. The predicted molar refractivity (Wildman–Crippen MR) is 515 cm³/mol. The van der Waals surface area contributed by atoms with E-state index >= 15 is 0 Å². The Morgan fingerprint density at radius 1 is 0.308 bits per heavy atom. The SMILES string of the molecule is CC1(C)OB(B2OC(C)(C)C(C)(C)O2)OC1(C)C.CN1C(=O)NC2(C1=O)c1cc(B3OC(C)(C)C(C)(C)O3)ccc1CC21CCc2ccccc2CC1.CN1C(=O)NC2(C1=O)c1cc(Br)ccc1CC21CCc2ccccc2CC1.CN1C(=O)NC2(C1=O)c1cc(O)ccc1CC21CCc2ccccc2CC1.O=C1NC(=O)C2(N1)c1cc(Br)ccc1CC21CCc2ccccc2CC1. The van der Waals surface area contributed by atoms with Gasteiger partial charge in [-0.2, -0.15) is 0 Å². The minimum atomic E-state index is -1.09. The lowest BCUT2D eigenvalue weighted by atomic mass is 9.49. The van der Waals surface area contributed by atoms with Gasteiger partial charge in [-0.05, 0) is 342 Å². The maximum absolute atomic E-state index is 14.0. The summed E-state index contributed by atoms with van der Waals surface area (Å²) in [5.74, 6) is -0.555. The first-order chi connectivity index (χ1) is 62.8. The molecule has 0 bridgehead atoms. The van der Waals surface area contributed by atoms with E-state index in [9.17, 15) is 43.5 Å². The van der Waals surface area contributed by atoms with Crippen molar-refractivity contribution < 1.29 is 71.4 Å². The fourth-order valence-electron chi connectivity index (χ4n) is 25.0. The molecule has 0 aromatic heterocycles. The maximum atomic E-state index is 14.0. The molecular formula is C105H119B3Br2N8O15. The van der Waals surface area contributed by atoms with E-state index in [1.807, 2.05) is 113 Å². The van der Waals surface area contributed by atoms with Gasteiger partial charge in [0.05, 0.1) is 33.6 Å². The summed E-state index contributed by atoms with van der Waals surface area (Å²) in [6, 6.07) is 56.5. The van der Waals surface area contributed by atoms with Crippen molar-refractivity contribution in [3.05, 3.63) is 268 Å². The molecule has 0 radical (unpaired) electrons. The van der Waals surface area contributed by atoms with Gasteiger partial charge in [0, 0.05) is 51.7 Å². The molecule has 4 unspecified atom stereocenters. The molecule has 8 spiro atoms. The van der Waals surface area contributed by atoms with Crippen molar-refractivity contribution in [2.24, 2.45) is 21.7 Å². The molecule has 7 aliphatic heterocycles. The molecule has 23 rings (SSSR count). The highest BCUT2D eigenvalue weighted by molar-refractivity contribution is 9.10. The molecule has 28 heteroatoms.